The molecule has 1 heterocycles. The standard InChI is InChI=1S/C24H27FN4O2S/c1-3-29-22(14-31-21-13-12-17-8-4-5-9-18(17)16(21)2)27-28-24(29)32-15-23(30)26-20-11-7-6-10-19(20)25/h6-7,10-13H,3-5,8-9,14-15H2,1-2H3,(H,26,30). The first-order chi connectivity index (χ1) is 15.6. The molecule has 1 aliphatic carbocycles. The molecule has 1 aliphatic rings. The molecule has 0 atom stereocenters. The molecule has 6 nitrogen and oxygen atoms in total. The molecule has 0 fully saturated rings. The zero-order valence-corrected chi connectivity index (χ0v) is 19.2. The van der Waals surface area contributed by atoms with Gasteiger partial charge in [0.1, 0.15) is 18.2 Å². The SMILES string of the molecule is CCn1c(COc2ccc3c(c2C)CCCC3)nnc1SCC(=O)Nc1ccccc1F. The van der Waals surface area contributed by atoms with Crippen molar-refractivity contribution in [2.24, 2.45) is 0 Å². The third-order valence-corrected chi connectivity index (χ3v) is 6.68. The lowest BCUT2D eigenvalue weighted by atomic mass is 9.88. The van der Waals surface area contributed by atoms with Crippen LogP contribution < -0.4 is 10.1 Å². The van der Waals surface area contributed by atoms with Crippen molar-refractivity contribution in [2.45, 2.75) is 57.8 Å². The molecule has 0 unspecified atom stereocenters. The summed E-state index contributed by atoms with van der Waals surface area (Å²) in [6.45, 7) is 5.09. The van der Waals surface area contributed by atoms with E-state index >= 15 is 0 Å². The fourth-order valence-corrected chi connectivity index (χ4v) is 4.84. The van der Waals surface area contributed by atoms with E-state index in [1.54, 1.807) is 12.1 Å². The number of amides is 1. The van der Waals surface area contributed by atoms with Gasteiger partial charge in [-0.3, -0.25) is 4.79 Å². The van der Waals surface area contributed by atoms with Gasteiger partial charge in [-0.2, -0.15) is 0 Å². The maximum absolute atomic E-state index is 13.7. The van der Waals surface area contributed by atoms with Gasteiger partial charge in [0.05, 0.1) is 11.4 Å². The Bertz CT molecular complexity index is 1120. The van der Waals surface area contributed by atoms with Gasteiger partial charge in [0, 0.05) is 6.54 Å². The number of carbonyl (C=O) groups is 1. The molecule has 0 aliphatic heterocycles. The molecule has 168 valence electrons. The number of thioether (sulfide) groups is 1. The second-order valence-electron chi connectivity index (χ2n) is 7.78. The van der Waals surface area contributed by atoms with E-state index in [9.17, 15) is 9.18 Å². The van der Waals surface area contributed by atoms with Gasteiger partial charge in [-0.15, -0.1) is 10.2 Å². The van der Waals surface area contributed by atoms with E-state index < -0.39 is 5.82 Å². The van der Waals surface area contributed by atoms with Crippen molar-refractivity contribution in [3.8, 4) is 5.75 Å². The molecule has 0 bridgehead atoms. The highest BCUT2D eigenvalue weighted by Crippen LogP contribution is 2.31. The molecule has 1 N–H and O–H groups in total. The van der Waals surface area contributed by atoms with E-state index in [1.165, 1.54) is 53.4 Å². The van der Waals surface area contributed by atoms with Crippen LogP contribution in [0.15, 0.2) is 41.6 Å². The van der Waals surface area contributed by atoms with Crippen LogP contribution in [0.3, 0.4) is 0 Å². The van der Waals surface area contributed by atoms with Crippen LogP contribution in [0.25, 0.3) is 0 Å². The highest BCUT2D eigenvalue weighted by molar-refractivity contribution is 7.99. The number of fused-ring (bicyclic) bond motifs is 1. The molecule has 0 saturated heterocycles. The fraction of sp³-hybridized carbons (Fsp3) is 0.375. The third-order valence-electron chi connectivity index (χ3n) is 5.72. The lowest BCUT2D eigenvalue weighted by Gasteiger charge is -2.20. The van der Waals surface area contributed by atoms with Crippen molar-refractivity contribution in [1.29, 1.82) is 0 Å². The normalized spacial score (nSPS) is 13.0. The summed E-state index contributed by atoms with van der Waals surface area (Å²) in [6, 6.07) is 10.3. The highest BCUT2D eigenvalue weighted by atomic mass is 32.2. The Balaban J connectivity index is 1.38. The van der Waals surface area contributed by atoms with Crippen LogP contribution >= 0.6 is 11.8 Å². The molecule has 32 heavy (non-hydrogen) atoms. The van der Waals surface area contributed by atoms with Crippen LogP contribution in [0.5, 0.6) is 5.75 Å². The molecule has 0 radical (unpaired) electrons. The van der Waals surface area contributed by atoms with Gasteiger partial charge in [0.25, 0.3) is 0 Å². The molecule has 3 aromatic rings. The Morgan fingerprint density at radius 1 is 1.19 bits per heavy atom. The van der Waals surface area contributed by atoms with Crippen molar-refractivity contribution < 1.29 is 13.9 Å². The number of aromatic nitrogens is 3. The molecule has 8 heteroatoms. The van der Waals surface area contributed by atoms with Gasteiger partial charge >= 0.3 is 0 Å². The maximum atomic E-state index is 13.7. The topological polar surface area (TPSA) is 69.0 Å². The monoisotopic (exact) mass is 454 g/mol. The molecule has 4 rings (SSSR count). The summed E-state index contributed by atoms with van der Waals surface area (Å²) in [5.74, 6) is 0.946. The van der Waals surface area contributed by atoms with E-state index in [2.05, 4.69) is 34.6 Å². The first kappa shape index (κ1) is 22.3. The highest BCUT2D eigenvalue weighted by Gasteiger charge is 2.17. The largest absolute Gasteiger partial charge is 0.485 e. The number of benzene rings is 2. The summed E-state index contributed by atoms with van der Waals surface area (Å²) in [5, 5.41) is 11.7. The van der Waals surface area contributed by atoms with E-state index in [0.717, 1.165) is 18.6 Å². The number of anilines is 1. The van der Waals surface area contributed by atoms with Gasteiger partial charge in [-0.25, -0.2) is 4.39 Å². The van der Waals surface area contributed by atoms with Crippen LogP contribution in [0.2, 0.25) is 0 Å². The number of nitrogens with one attached hydrogen (secondary N) is 1. The average Bonchev–Trinajstić information content (AvgIpc) is 3.21. The molecule has 1 aromatic heterocycles. The first-order valence-electron chi connectivity index (χ1n) is 10.9. The van der Waals surface area contributed by atoms with Gasteiger partial charge in [0.15, 0.2) is 11.0 Å². The predicted molar refractivity (Wildman–Crippen MR) is 124 cm³/mol. The summed E-state index contributed by atoms with van der Waals surface area (Å²) < 4.78 is 21.8. The molecular weight excluding hydrogens is 427 g/mol. The molecule has 0 saturated carbocycles. The van der Waals surface area contributed by atoms with E-state index in [0.29, 0.717) is 24.1 Å². The van der Waals surface area contributed by atoms with Crippen molar-refractivity contribution >= 4 is 23.4 Å². The Kier molecular flexibility index (Phi) is 7.09. The van der Waals surface area contributed by atoms with Gasteiger partial charge in [-0.1, -0.05) is 30.0 Å². The van der Waals surface area contributed by atoms with Crippen molar-refractivity contribution in [3.63, 3.8) is 0 Å². The Labute approximate surface area is 191 Å². The zero-order valence-electron chi connectivity index (χ0n) is 18.4. The summed E-state index contributed by atoms with van der Waals surface area (Å²) in [7, 11) is 0. The first-order valence-corrected chi connectivity index (χ1v) is 11.9. The molecule has 1 amide bonds. The minimum atomic E-state index is -0.459. The Morgan fingerprint density at radius 3 is 2.81 bits per heavy atom. The predicted octanol–water partition coefficient (Wildman–Crippen LogP) is 4.93. The average molecular weight is 455 g/mol. The maximum Gasteiger partial charge on any atom is 0.234 e. The minimum Gasteiger partial charge on any atom is -0.485 e. The van der Waals surface area contributed by atoms with Crippen molar-refractivity contribution in [2.75, 3.05) is 11.1 Å². The summed E-state index contributed by atoms with van der Waals surface area (Å²) in [4.78, 5) is 12.2. The number of carbonyl (C=O) groups excluding carboxylic acids is 1. The van der Waals surface area contributed by atoms with Crippen LogP contribution in [0.1, 0.15) is 42.3 Å². The number of ether oxygens (including phenoxy) is 1. The van der Waals surface area contributed by atoms with E-state index in [-0.39, 0.29) is 17.3 Å². The lowest BCUT2D eigenvalue weighted by Crippen LogP contribution is -2.15. The molecule has 0 spiro atoms. The summed E-state index contributed by atoms with van der Waals surface area (Å²) >= 11 is 1.27. The van der Waals surface area contributed by atoms with Crippen molar-refractivity contribution in [1.82, 2.24) is 14.8 Å². The number of halogens is 1. The van der Waals surface area contributed by atoms with Gasteiger partial charge in [-0.05, 0) is 74.4 Å². The number of hydrogen-bond donors (Lipinski definition) is 1. The smallest absolute Gasteiger partial charge is 0.234 e. The number of para-hydroxylation sites is 1. The van der Waals surface area contributed by atoms with Gasteiger partial charge < -0.3 is 14.6 Å². The van der Waals surface area contributed by atoms with Gasteiger partial charge in [0.2, 0.25) is 5.91 Å². The number of aryl methyl sites for hydroxylation is 1. The Morgan fingerprint density at radius 2 is 2.00 bits per heavy atom. The Hall–Kier alpha value is -2.87. The fourth-order valence-electron chi connectivity index (χ4n) is 4.02. The third kappa shape index (κ3) is 4.96. The summed E-state index contributed by atoms with van der Waals surface area (Å²) in [6.07, 6.45) is 4.74. The van der Waals surface area contributed by atoms with E-state index in [1.807, 2.05) is 11.5 Å². The van der Waals surface area contributed by atoms with Crippen LogP contribution in [-0.2, 0) is 30.8 Å². The lowest BCUT2D eigenvalue weighted by molar-refractivity contribution is -0.113. The molecule has 2 aromatic carbocycles. The van der Waals surface area contributed by atoms with E-state index in [4.69, 9.17) is 4.74 Å². The quantitative estimate of drug-likeness (QED) is 0.489. The van der Waals surface area contributed by atoms with Crippen LogP contribution in [0.4, 0.5) is 10.1 Å². The second kappa shape index (κ2) is 10.2. The summed E-state index contributed by atoms with van der Waals surface area (Å²) in [5.41, 5.74) is 4.24. The van der Waals surface area contributed by atoms with Crippen molar-refractivity contribution in [3.05, 3.63) is 64.7 Å². The second-order valence-corrected chi connectivity index (χ2v) is 8.72. The zero-order chi connectivity index (χ0) is 22.5. The van der Waals surface area contributed by atoms with Crippen LogP contribution in [-0.4, -0.2) is 26.4 Å². The number of hydrogen-bond acceptors (Lipinski definition) is 5. The number of nitrogens with zero attached hydrogens (tertiary/aromatic N) is 3. The minimum absolute atomic E-state index is 0.108. The molecular formula is C24H27FN4O2S. The van der Waals surface area contributed by atoms with Crippen LogP contribution in [0, 0.1) is 12.7 Å². The number of rotatable bonds is 8.